The number of hydrogen-bond donors (Lipinski definition) is 0. The summed E-state index contributed by atoms with van der Waals surface area (Å²) in [6.07, 6.45) is 3.13. The van der Waals surface area contributed by atoms with Gasteiger partial charge in [0.15, 0.2) is 11.6 Å². The van der Waals surface area contributed by atoms with Crippen molar-refractivity contribution in [2.75, 3.05) is 7.11 Å². The summed E-state index contributed by atoms with van der Waals surface area (Å²) in [5.41, 5.74) is -0.391. The van der Waals surface area contributed by atoms with Crippen LogP contribution < -0.4 is 5.43 Å². The molecule has 0 bridgehead atoms. The van der Waals surface area contributed by atoms with E-state index >= 15 is 0 Å². The Kier molecular flexibility index (Phi) is 3.04. The van der Waals surface area contributed by atoms with Gasteiger partial charge in [-0.15, -0.1) is 0 Å². The van der Waals surface area contributed by atoms with Crippen molar-refractivity contribution in [3.8, 4) is 0 Å². The van der Waals surface area contributed by atoms with Crippen LogP contribution in [0.25, 0.3) is 10.9 Å². The van der Waals surface area contributed by atoms with Gasteiger partial charge in [-0.3, -0.25) is 4.79 Å². The maximum absolute atomic E-state index is 13.8. The Balaban J connectivity index is 2.47. The van der Waals surface area contributed by atoms with E-state index in [0.717, 1.165) is 18.9 Å². The molecule has 0 saturated heterocycles. The van der Waals surface area contributed by atoms with Crippen LogP contribution in [0.1, 0.15) is 34.8 Å². The van der Waals surface area contributed by atoms with Crippen LogP contribution in [0, 0.1) is 18.6 Å². The summed E-state index contributed by atoms with van der Waals surface area (Å²) >= 11 is 0. The highest BCUT2D eigenvalue weighted by atomic mass is 19.2. The molecule has 0 spiro atoms. The molecule has 1 aliphatic carbocycles. The van der Waals surface area contributed by atoms with Gasteiger partial charge in [0.05, 0.1) is 12.6 Å². The lowest BCUT2D eigenvalue weighted by atomic mass is 10.1. The van der Waals surface area contributed by atoms with E-state index in [1.54, 1.807) is 4.57 Å². The Morgan fingerprint density at radius 1 is 1.38 bits per heavy atom. The number of esters is 1. The Bertz CT molecular complexity index is 822. The van der Waals surface area contributed by atoms with Crippen molar-refractivity contribution in [1.29, 1.82) is 0 Å². The second kappa shape index (κ2) is 4.65. The average Bonchev–Trinajstić information content (AvgIpc) is 3.29. The van der Waals surface area contributed by atoms with E-state index < -0.39 is 23.0 Å². The third-order valence-corrected chi connectivity index (χ3v) is 3.78. The van der Waals surface area contributed by atoms with Crippen LogP contribution in [0.4, 0.5) is 8.78 Å². The molecule has 0 N–H and O–H groups in total. The zero-order valence-corrected chi connectivity index (χ0v) is 11.6. The maximum Gasteiger partial charge on any atom is 0.343 e. The fourth-order valence-electron chi connectivity index (χ4n) is 2.55. The summed E-state index contributed by atoms with van der Waals surface area (Å²) in [5, 5.41) is 0.00111. The molecule has 1 saturated carbocycles. The van der Waals surface area contributed by atoms with Crippen molar-refractivity contribution in [3.05, 3.63) is 45.2 Å². The van der Waals surface area contributed by atoms with Crippen molar-refractivity contribution >= 4 is 16.9 Å². The first-order chi connectivity index (χ1) is 9.95. The predicted octanol–water partition coefficient (Wildman–Crippen LogP) is 2.71. The van der Waals surface area contributed by atoms with Crippen LogP contribution in [0.2, 0.25) is 0 Å². The lowest BCUT2D eigenvalue weighted by Crippen LogP contribution is -2.21. The second-order valence-corrected chi connectivity index (χ2v) is 5.20. The van der Waals surface area contributed by atoms with Crippen molar-refractivity contribution in [1.82, 2.24) is 4.57 Å². The van der Waals surface area contributed by atoms with Gasteiger partial charge in [0, 0.05) is 23.2 Å². The van der Waals surface area contributed by atoms with Gasteiger partial charge in [-0.25, -0.2) is 13.6 Å². The van der Waals surface area contributed by atoms with E-state index in [1.807, 2.05) is 0 Å². The minimum atomic E-state index is -1.10. The van der Waals surface area contributed by atoms with Gasteiger partial charge in [0.2, 0.25) is 5.43 Å². The SMILES string of the molecule is COC(=O)c1cn(C2CC2)c2c(C)c(F)c(F)cc2c1=O. The molecule has 110 valence electrons. The molecule has 4 nitrogen and oxygen atoms in total. The highest BCUT2D eigenvalue weighted by Crippen LogP contribution is 2.38. The van der Waals surface area contributed by atoms with Crippen LogP contribution >= 0.6 is 0 Å². The molecule has 1 aliphatic rings. The van der Waals surface area contributed by atoms with Crippen LogP contribution in [0.3, 0.4) is 0 Å². The highest BCUT2D eigenvalue weighted by molar-refractivity contribution is 5.94. The largest absolute Gasteiger partial charge is 0.465 e. The quantitative estimate of drug-likeness (QED) is 0.800. The number of halogens is 2. The van der Waals surface area contributed by atoms with Crippen LogP contribution in [-0.4, -0.2) is 17.6 Å². The lowest BCUT2D eigenvalue weighted by Gasteiger charge is -2.15. The number of aromatic nitrogens is 1. The Hall–Kier alpha value is -2.24. The predicted molar refractivity (Wildman–Crippen MR) is 72.5 cm³/mol. The molecule has 1 aromatic heterocycles. The molecule has 1 aromatic carbocycles. The minimum Gasteiger partial charge on any atom is -0.465 e. The summed E-state index contributed by atoms with van der Waals surface area (Å²) in [5.74, 6) is -2.85. The van der Waals surface area contributed by atoms with E-state index in [2.05, 4.69) is 4.74 Å². The zero-order valence-electron chi connectivity index (χ0n) is 11.6. The van der Waals surface area contributed by atoms with Crippen molar-refractivity contribution in [2.45, 2.75) is 25.8 Å². The molecule has 3 rings (SSSR count). The van der Waals surface area contributed by atoms with Crippen LogP contribution in [0.5, 0.6) is 0 Å². The van der Waals surface area contributed by atoms with Crippen molar-refractivity contribution < 1.29 is 18.3 Å². The average molecular weight is 293 g/mol. The van der Waals surface area contributed by atoms with Crippen molar-refractivity contribution in [2.24, 2.45) is 0 Å². The number of hydrogen-bond acceptors (Lipinski definition) is 3. The molecular weight excluding hydrogens is 280 g/mol. The summed E-state index contributed by atoms with van der Waals surface area (Å²) in [6, 6.07) is 0.950. The summed E-state index contributed by atoms with van der Waals surface area (Å²) in [4.78, 5) is 24.0. The number of carbonyl (C=O) groups excluding carboxylic acids is 1. The molecule has 6 heteroatoms. The number of methoxy groups -OCH3 is 1. The number of ether oxygens (including phenoxy) is 1. The minimum absolute atomic E-state index is 0.00111. The molecule has 2 aromatic rings. The van der Waals surface area contributed by atoms with E-state index in [1.165, 1.54) is 20.2 Å². The number of rotatable bonds is 2. The van der Waals surface area contributed by atoms with Gasteiger partial charge in [0.1, 0.15) is 5.56 Å². The third-order valence-electron chi connectivity index (χ3n) is 3.78. The Morgan fingerprint density at radius 3 is 2.62 bits per heavy atom. The normalized spacial score (nSPS) is 14.5. The number of aryl methyl sites for hydroxylation is 1. The fourth-order valence-corrected chi connectivity index (χ4v) is 2.55. The molecule has 1 heterocycles. The van der Waals surface area contributed by atoms with Gasteiger partial charge < -0.3 is 9.30 Å². The maximum atomic E-state index is 13.8. The second-order valence-electron chi connectivity index (χ2n) is 5.20. The molecular formula is C15H13F2NO3. The van der Waals surface area contributed by atoms with Crippen LogP contribution in [0.15, 0.2) is 17.1 Å². The summed E-state index contributed by atoms with van der Waals surface area (Å²) in [6.45, 7) is 1.43. The van der Waals surface area contributed by atoms with Gasteiger partial charge in [-0.1, -0.05) is 0 Å². The number of fused-ring (bicyclic) bond motifs is 1. The number of nitrogens with zero attached hydrogens (tertiary/aromatic N) is 1. The number of benzene rings is 1. The molecule has 0 atom stereocenters. The Morgan fingerprint density at radius 2 is 2.05 bits per heavy atom. The number of pyridine rings is 1. The molecule has 21 heavy (non-hydrogen) atoms. The molecule has 0 unspecified atom stereocenters. The first kappa shape index (κ1) is 13.7. The monoisotopic (exact) mass is 293 g/mol. The topological polar surface area (TPSA) is 48.3 Å². The first-order valence-electron chi connectivity index (χ1n) is 6.57. The highest BCUT2D eigenvalue weighted by Gasteiger charge is 2.28. The molecule has 1 fully saturated rings. The smallest absolute Gasteiger partial charge is 0.343 e. The van der Waals surface area contributed by atoms with Gasteiger partial charge in [-0.05, 0) is 25.8 Å². The third kappa shape index (κ3) is 2.02. The van der Waals surface area contributed by atoms with E-state index in [0.29, 0.717) is 5.52 Å². The molecule has 0 aliphatic heterocycles. The number of carbonyl (C=O) groups is 1. The zero-order chi connectivity index (χ0) is 15.3. The molecule has 0 amide bonds. The fraction of sp³-hybridized carbons (Fsp3) is 0.333. The van der Waals surface area contributed by atoms with Gasteiger partial charge >= 0.3 is 5.97 Å². The summed E-state index contributed by atoms with van der Waals surface area (Å²) < 4.78 is 33.7. The van der Waals surface area contributed by atoms with E-state index in [-0.39, 0.29) is 22.6 Å². The first-order valence-corrected chi connectivity index (χ1v) is 6.57. The van der Waals surface area contributed by atoms with Gasteiger partial charge in [-0.2, -0.15) is 0 Å². The Labute approximate surface area is 118 Å². The standard InChI is InChI=1S/C15H13F2NO3/c1-7-12(17)11(16)5-9-13(7)18(8-3-4-8)6-10(14(9)19)15(20)21-2/h5-6,8H,3-4H2,1-2H3. The van der Waals surface area contributed by atoms with Crippen LogP contribution in [-0.2, 0) is 4.74 Å². The van der Waals surface area contributed by atoms with Gasteiger partial charge in [0.25, 0.3) is 0 Å². The van der Waals surface area contributed by atoms with E-state index in [9.17, 15) is 18.4 Å². The summed E-state index contributed by atoms with van der Waals surface area (Å²) in [7, 11) is 1.17. The lowest BCUT2D eigenvalue weighted by molar-refractivity contribution is 0.0598. The van der Waals surface area contributed by atoms with Crippen molar-refractivity contribution in [3.63, 3.8) is 0 Å². The molecule has 0 radical (unpaired) electrons. The van der Waals surface area contributed by atoms with E-state index in [4.69, 9.17) is 0 Å².